The number of hydrogen-bond donors (Lipinski definition) is 1. The van der Waals surface area contributed by atoms with Crippen LogP contribution in [0, 0.1) is 0 Å². The monoisotopic (exact) mass is 401 g/mol. The molecule has 2 heteroatoms. The fourth-order valence-corrected chi connectivity index (χ4v) is 2.75. The second kappa shape index (κ2) is 9.59. The van der Waals surface area contributed by atoms with E-state index in [1.165, 1.54) is 11.1 Å². The van der Waals surface area contributed by atoms with Crippen molar-refractivity contribution in [2.45, 2.75) is 0 Å². The van der Waals surface area contributed by atoms with Crippen molar-refractivity contribution >= 4 is 27.3 Å². The van der Waals surface area contributed by atoms with Crippen molar-refractivity contribution in [3.05, 3.63) is 120 Å². The van der Waals surface area contributed by atoms with Crippen molar-refractivity contribution in [2.75, 3.05) is 5.32 Å². The maximum atomic E-state index is 3.40. The van der Waals surface area contributed by atoms with Crippen molar-refractivity contribution in [3.8, 4) is 11.1 Å². The molecule has 0 amide bonds. The molecule has 0 saturated heterocycles. The van der Waals surface area contributed by atoms with Gasteiger partial charge >= 0.3 is 0 Å². The van der Waals surface area contributed by atoms with Gasteiger partial charge in [0.2, 0.25) is 0 Å². The van der Waals surface area contributed by atoms with Gasteiger partial charge in [0, 0.05) is 15.8 Å². The number of hydrogen-bond acceptors (Lipinski definition) is 1. The summed E-state index contributed by atoms with van der Waals surface area (Å²) in [6, 6.07) is 39.0. The van der Waals surface area contributed by atoms with Crippen LogP contribution in [0.5, 0.6) is 0 Å². The fraction of sp³-hybridized carbons (Fsp3) is 0. The molecular formula is C24H20BrN. The fourth-order valence-electron chi connectivity index (χ4n) is 2.48. The Hall–Kier alpha value is -2.84. The van der Waals surface area contributed by atoms with Crippen LogP contribution in [0.15, 0.2) is 120 Å². The van der Waals surface area contributed by atoms with Crippen LogP contribution >= 0.6 is 15.9 Å². The topological polar surface area (TPSA) is 12.0 Å². The Morgan fingerprint density at radius 2 is 0.808 bits per heavy atom. The SMILES string of the molecule is Brc1ccc(Nc2ccccc2)cc1.c1ccc(-c2ccccc2)cc1. The van der Waals surface area contributed by atoms with E-state index < -0.39 is 0 Å². The molecule has 0 atom stereocenters. The summed E-state index contributed by atoms with van der Waals surface area (Å²) in [5.41, 5.74) is 4.76. The lowest BCUT2D eigenvalue weighted by atomic mass is 10.1. The van der Waals surface area contributed by atoms with Gasteiger partial charge in [-0.2, -0.15) is 0 Å². The molecular weight excluding hydrogens is 382 g/mol. The second-order valence-corrected chi connectivity index (χ2v) is 6.65. The Kier molecular flexibility index (Phi) is 6.63. The van der Waals surface area contributed by atoms with Crippen molar-refractivity contribution in [3.63, 3.8) is 0 Å². The van der Waals surface area contributed by atoms with Gasteiger partial charge in [-0.05, 0) is 47.5 Å². The summed E-state index contributed by atoms with van der Waals surface area (Å²) in [5, 5.41) is 3.31. The van der Waals surface area contributed by atoms with Crippen LogP contribution in [0.25, 0.3) is 11.1 Å². The summed E-state index contributed by atoms with van der Waals surface area (Å²) in [6.45, 7) is 0. The Morgan fingerprint density at radius 3 is 1.27 bits per heavy atom. The highest BCUT2D eigenvalue weighted by atomic mass is 79.9. The minimum absolute atomic E-state index is 1.09. The zero-order chi connectivity index (χ0) is 18.0. The number of rotatable bonds is 3. The van der Waals surface area contributed by atoms with Crippen molar-refractivity contribution in [2.24, 2.45) is 0 Å². The third-order valence-corrected chi connectivity index (χ3v) is 4.32. The van der Waals surface area contributed by atoms with Crippen LogP contribution in [0.1, 0.15) is 0 Å². The van der Waals surface area contributed by atoms with Crippen LogP contribution in [0.4, 0.5) is 11.4 Å². The smallest absolute Gasteiger partial charge is 0.0384 e. The minimum atomic E-state index is 1.09. The largest absolute Gasteiger partial charge is 0.356 e. The van der Waals surface area contributed by atoms with E-state index in [1.807, 2.05) is 66.7 Å². The van der Waals surface area contributed by atoms with Crippen LogP contribution in [-0.4, -0.2) is 0 Å². The third kappa shape index (κ3) is 5.61. The summed E-state index contributed by atoms with van der Waals surface area (Å²) in [4.78, 5) is 0. The summed E-state index contributed by atoms with van der Waals surface area (Å²) in [7, 11) is 0. The van der Waals surface area contributed by atoms with Crippen molar-refractivity contribution in [1.82, 2.24) is 0 Å². The van der Waals surface area contributed by atoms with Gasteiger partial charge in [-0.15, -0.1) is 0 Å². The molecule has 0 aromatic heterocycles. The van der Waals surface area contributed by atoms with Gasteiger partial charge < -0.3 is 5.32 Å². The zero-order valence-corrected chi connectivity index (χ0v) is 15.9. The molecule has 0 aliphatic heterocycles. The van der Waals surface area contributed by atoms with E-state index in [9.17, 15) is 0 Å². The van der Waals surface area contributed by atoms with E-state index >= 15 is 0 Å². The van der Waals surface area contributed by atoms with Gasteiger partial charge in [-0.1, -0.05) is 94.8 Å². The van der Waals surface area contributed by atoms with E-state index in [2.05, 4.69) is 69.8 Å². The Bertz CT molecular complexity index is 851. The van der Waals surface area contributed by atoms with E-state index in [0.717, 1.165) is 15.8 Å². The van der Waals surface area contributed by atoms with E-state index in [-0.39, 0.29) is 0 Å². The lowest BCUT2D eigenvalue weighted by Crippen LogP contribution is -1.88. The molecule has 0 heterocycles. The average Bonchev–Trinajstić information content (AvgIpc) is 2.72. The minimum Gasteiger partial charge on any atom is -0.356 e. The lowest BCUT2D eigenvalue weighted by molar-refractivity contribution is 1.54. The highest BCUT2D eigenvalue weighted by molar-refractivity contribution is 9.10. The number of anilines is 2. The quantitative estimate of drug-likeness (QED) is 0.373. The van der Waals surface area contributed by atoms with E-state index in [4.69, 9.17) is 0 Å². The number of nitrogens with one attached hydrogen (secondary N) is 1. The Labute approximate surface area is 163 Å². The highest BCUT2D eigenvalue weighted by Gasteiger charge is 1.93. The summed E-state index contributed by atoms with van der Waals surface area (Å²) < 4.78 is 1.09. The van der Waals surface area contributed by atoms with Gasteiger partial charge in [0.15, 0.2) is 0 Å². The standard InChI is InChI=1S/C12H10BrN.C12H10/c13-10-6-8-12(9-7-10)14-11-4-2-1-3-5-11;1-3-7-11(8-4-1)12-9-5-2-6-10-12/h1-9,14H;1-10H. The van der Waals surface area contributed by atoms with Gasteiger partial charge in [0.1, 0.15) is 0 Å². The van der Waals surface area contributed by atoms with E-state index in [1.54, 1.807) is 0 Å². The summed E-state index contributed by atoms with van der Waals surface area (Å²) >= 11 is 3.40. The molecule has 0 aliphatic rings. The maximum Gasteiger partial charge on any atom is 0.0384 e. The molecule has 0 aliphatic carbocycles. The molecule has 4 rings (SSSR count). The van der Waals surface area contributed by atoms with Crippen LogP contribution in [-0.2, 0) is 0 Å². The average molecular weight is 402 g/mol. The second-order valence-electron chi connectivity index (χ2n) is 5.73. The van der Waals surface area contributed by atoms with Crippen LogP contribution in [0.2, 0.25) is 0 Å². The molecule has 0 saturated carbocycles. The Morgan fingerprint density at radius 1 is 0.423 bits per heavy atom. The molecule has 0 bridgehead atoms. The maximum absolute atomic E-state index is 3.40. The normalized spacial score (nSPS) is 9.73. The summed E-state index contributed by atoms with van der Waals surface area (Å²) in [5.74, 6) is 0. The molecule has 0 radical (unpaired) electrons. The van der Waals surface area contributed by atoms with E-state index in [0.29, 0.717) is 0 Å². The van der Waals surface area contributed by atoms with Gasteiger partial charge in [-0.3, -0.25) is 0 Å². The number of benzene rings is 4. The van der Waals surface area contributed by atoms with Crippen molar-refractivity contribution < 1.29 is 0 Å². The first kappa shape index (κ1) is 18.0. The van der Waals surface area contributed by atoms with Gasteiger partial charge in [0.05, 0.1) is 0 Å². The highest BCUT2D eigenvalue weighted by Crippen LogP contribution is 2.19. The predicted molar refractivity (Wildman–Crippen MR) is 116 cm³/mol. The molecule has 4 aromatic carbocycles. The van der Waals surface area contributed by atoms with Crippen molar-refractivity contribution in [1.29, 1.82) is 0 Å². The molecule has 4 aromatic rings. The molecule has 0 spiro atoms. The zero-order valence-electron chi connectivity index (χ0n) is 14.3. The van der Waals surface area contributed by atoms with Gasteiger partial charge in [-0.25, -0.2) is 0 Å². The third-order valence-electron chi connectivity index (χ3n) is 3.79. The molecule has 128 valence electrons. The molecule has 0 unspecified atom stereocenters. The van der Waals surface area contributed by atoms with Gasteiger partial charge in [0.25, 0.3) is 0 Å². The van der Waals surface area contributed by atoms with Crippen LogP contribution < -0.4 is 5.32 Å². The molecule has 1 N–H and O–H groups in total. The first-order valence-electron chi connectivity index (χ1n) is 8.49. The molecule has 26 heavy (non-hydrogen) atoms. The number of para-hydroxylation sites is 1. The predicted octanol–water partition coefficient (Wildman–Crippen LogP) is 7.55. The Balaban J connectivity index is 0.000000152. The number of halogens is 1. The first-order chi connectivity index (χ1) is 12.8. The summed E-state index contributed by atoms with van der Waals surface area (Å²) in [6.07, 6.45) is 0. The lowest BCUT2D eigenvalue weighted by Gasteiger charge is -2.05. The molecule has 0 fully saturated rings. The van der Waals surface area contributed by atoms with Crippen LogP contribution in [0.3, 0.4) is 0 Å². The first-order valence-corrected chi connectivity index (χ1v) is 9.29. The molecule has 1 nitrogen and oxygen atoms in total.